The molecule has 1 aliphatic heterocycles. The van der Waals surface area contributed by atoms with Gasteiger partial charge in [-0.05, 0) is 99.5 Å². The maximum atomic E-state index is 12.5. The predicted octanol–water partition coefficient (Wildman–Crippen LogP) is 6.10. The molecule has 2 aromatic carbocycles. The fourth-order valence-corrected chi connectivity index (χ4v) is 5.25. The molecule has 0 spiro atoms. The second kappa shape index (κ2) is 10.2. The molecular formula is C24H29BrClN3O. The molecule has 2 atom stereocenters. The average Bonchev–Trinajstić information content (AvgIpc) is 3.20. The number of nitrogens with zero attached hydrogens (tertiary/aromatic N) is 1. The third-order valence-corrected chi connectivity index (χ3v) is 7.23. The van der Waals surface area contributed by atoms with Crippen LogP contribution in [0.5, 0.6) is 0 Å². The highest BCUT2D eigenvalue weighted by Gasteiger charge is 2.35. The first kappa shape index (κ1) is 21.7. The van der Waals surface area contributed by atoms with Crippen molar-refractivity contribution in [3.63, 3.8) is 0 Å². The normalized spacial score (nSPS) is 22.7. The fraction of sp³-hybridized carbons (Fsp3) is 0.458. The van der Waals surface area contributed by atoms with Gasteiger partial charge in [-0.3, -0.25) is 4.90 Å². The SMILES string of the molecule is O=C(Nc1ccc(Br)cc1)N[C@@H]1CCC[C@H]1N1CCC(Cc2ccc(Cl)cc2)CC1. The Morgan fingerprint density at radius 1 is 1.00 bits per heavy atom. The van der Waals surface area contributed by atoms with Gasteiger partial charge in [-0.15, -0.1) is 0 Å². The van der Waals surface area contributed by atoms with Crippen molar-refractivity contribution in [2.24, 2.45) is 5.92 Å². The van der Waals surface area contributed by atoms with Gasteiger partial charge < -0.3 is 10.6 Å². The average molecular weight is 491 g/mol. The lowest BCUT2D eigenvalue weighted by Gasteiger charge is -2.38. The zero-order chi connectivity index (χ0) is 20.9. The van der Waals surface area contributed by atoms with Gasteiger partial charge >= 0.3 is 6.03 Å². The van der Waals surface area contributed by atoms with E-state index in [0.29, 0.717) is 6.04 Å². The predicted molar refractivity (Wildman–Crippen MR) is 127 cm³/mol. The summed E-state index contributed by atoms with van der Waals surface area (Å²) in [7, 11) is 0. The molecule has 160 valence electrons. The topological polar surface area (TPSA) is 44.4 Å². The van der Waals surface area contributed by atoms with Gasteiger partial charge in [0.05, 0.1) is 0 Å². The Bertz CT molecular complexity index is 835. The molecule has 0 bridgehead atoms. The number of urea groups is 1. The molecule has 2 fully saturated rings. The highest BCUT2D eigenvalue weighted by Crippen LogP contribution is 2.30. The maximum Gasteiger partial charge on any atom is 0.319 e. The van der Waals surface area contributed by atoms with Crippen LogP contribution in [-0.2, 0) is 6.42 Å². The summed E-state index contributed by atoms with van der Waals surface area (Å²) >= 11 is 9.43. The number of nitrogens with one attached hydrogen (secondary N) is 2. The first-order valence-corrected chi connectivity index (χ1v) is 12.1. The molecule has 2 amide bonds. The van der Waals surface area contributed by atoms with Crippen molar-refractivity contribution in [2.45, 2.75) is 50.6 Å². The summed E-state index contributed by atoms with van der Waals surface area (Å²) < 4.78 is 1.00. The fourth-order valence-electron chi connectivity index (χ4n) is 4.86. The van der Waals surface area contributed by atoms with Crippen molar-refractivity contribution in [1.29, 1.82) is 0 Å². The largest absolute Gasteiger partial charge is 0.334 e. The molecule has 2 N–H and O–H groups in total. The smallest absolute Gasteiger partial charge is 0.319 e. The zero-order valence-electron chi connectivity index (χ0n) is 17.1. The monoisotopic (exact) mass is 489 g/mol. The minimum atomic E-state index is -0.105. The van der Waals surface area contributed by atoms with Crippen molar-refractivity contribution < 1.29 is 4.79 Å². The number of halogens is 2. The molecule has 4 rings (SSSR count). The summed E-state index contributed by atoms with van der Waals surface area (Å²) in [6, 6.07) is 16.5. The van der Waals surface area contributed by atoms with Crippen LogP contribution >= 0.6 is 27.5 Å². The molecule has 1 saturated heterocycles. The summed E-state index contributed by atoms with van der Waals surface area (Å²) in [4.78, 5) is 15.1. The van der Waals surface area contributed by atoms with Gasteiger partial charge in [0.15, 0.2) is 0 Å². The van der Waals surface area contributed by atoms with Crippen LogP contribution in [0.3, 0.4) is 0 Å². The van der Waals surface area contributed by atoms with Crippen LogP contribution in [0, 0.1) is 5.92 Å². The Kier molecular flexibility index (Phi) is 7.34. The molecule has 2 aliphatic rings. The lowest BCUT2D eigenvalue weighted by atomic mass is 9.89. The van der Waals surface area contributed by atoms with Crippen LogP contribution in [-0.4, -0.2) is 36.1 Å². The molecule has 4 nitrogen and oxygen atoms in total. The van der Waals surface area contributed by atoms with Crippen LogP contribution in [0.2, 0.25) is 5.02 Å². The number of anilines is 1. The molecular weight excluding hydrogens is 462 g/mol. The van der Waals surface area contributed by atoms with Crippen molar-refractivity contribution in [2.75, 3.05) is 18.4 Å². The summed E-state index contributed by atoms with van der Waals surface area (Å²) in [6.45, 7) is 2.24. The Morgan fingerprint density at radius 3 is 2.40 bits per heavy atom. The van der Waals surface area contributed by atoms with Crippen molar-refractivity contribution in [3.8, 4) is 0 Å². The van der Waals surface area contributed by atoms with E-state index in [-0.39, 0.29) is 12.1 Å². The molecule has 30 heavy (non-hydrogen) atoms. The van der Waals surface area contributed by atoms with E-state index in [2.05, 4.69) is 43.6 Å². The maximum absolute atomic E-state index is 12.5. The number of likely N-dealkylation sites (tertiary alicyclic amines) is 1. The van der Waals surface area contributed by atoms with E-state index in [0.717, 1.165) is 47.0 Å². The first-order valence-electron chi connectivity index (χ1n) is 10.9. The second-order valence-electron chi connectivity index (χ2n) is 8.52. The highest BCUT2D eigenvalue weighted by atomic mass is 79.9. The molecule has 6 heteroatoms. The van der Waals surface area contributed by atoms with Gasteiger partial charge in [0.25, 0.3) is 0 Å². The van der Waals surface area contributed by atoms with Gasteiger partial charge in [0.1, 0.15) is 0 Å². The van der Waals surface area contributed by atoms with Crippen LogP contribution in [0.4, 0.5) is 10.5 Å². The zero-order valence-corrected chi connectivity index (χ0v) is 19.5. The van der Waals surface area contributed by atoms with E-state index in [1.165, 1.54) is 31.2 Å². The standard InChI is InChI=1S/C24H29BrClN3O/c25-19-6-10-21(11-7-19)27-24(30)28-22-2-1-3-23(22)29-14-12-18(13-15-29)16-17-4-8-20(26)9-5-17/h4-11,18,22-23H,1-3,12-16H2,(H2,27,28,30)/t22-,23-/m1/s1. The number of hydrogen-bond donors (Lipinski definition) is 2. The summed E-state index contributed by atoms with van der Waals surface area (Å²) in [5.74, 6) is 0.732. The molecule has 0 radical (unpaired) electrons. The second-order valence-corrected chi connectivity index (χ2v) is 9.87. The number of amides is 2. The van der Waals surface area contributed by atoms with E-state index in [9.17, 15) is 4.79 Å². The quantitative estimate of drug-likeness (QED) is 0.532. The Hall–Kier alpha value is -1.56. The number of hydrogen-bond acceptors (Lipinski definition) is 2. The summed E-state index contributed by atoms with van der Waals surface area (Å²) in [5.41, 5.74) is 2.19. The third kappa shape index (κ3) is 5.77. The number of carbonyl (C=O) groups excluding carboxylic acids is 1. The number of carbonyl (C=O) groups is 1. The van der Waals surface area contributed by atoms with Crippen LogP contribution in [0.25, 0.3) is 0 Å². The molecule has 0 aromatic heterocycles. The van der Waals surface area contributed by atoms with Gasteiger partial charge in [-0.25, -0.2) is 4.79 Å². The number of piperidine rings is 1. The lowest BCUT2D eigenvalue weighted by molar-refractivity contribution is 0.119. The van der Waals surface area contributed by atoms with E-state index in [1.54, 1.807) is 0 Å². The number of rotatable bonds is 5. The summed E-state index contributed by atoms with van der Waals surface area (Å²) in [6.07, 6.45) is 6.98. The Balaban J connectivity index is 1.26. The molecule has 0 unspecified atom stereocenters. The Morgan fingerprint density at radius 2 is 1.70 bits per heavy atom. The summed E-state index contributed by atoms with van der Waals surface area (Å²) in [5, 5.41) is 6.99. The molecule has 1 aliphatic carbocycles. The molecule has 1 saturated carbocycles. The van der Waals surface area contributed by atoms with Crippen molar-refractivity contribution in [3.05, 3.63) is 63.6 Å². The molecule has 2 aromatic rings. The highest BCUT2D eigenvalue weighted by molar-refractivity contribution is 9.10. The molecule has 1 heterocycles. The first-order chi connectivity index (χ1) is 14.6. The van der Waals surface area contributed by atoms with Crippen molar-refractivity contribution in [1.82, 2.24) is 10.2 Å². The minimum absolute atomic E-state index is 0.105. The van der Waals surface area contributed by atoms with E-state index >= 15 is 0 Å². The van der Waals surface area contributed by atoms with E-state index in [1.807, 2.05) is 36.4 Å². The van der Waals surface area contributed by atoms with Crippen LogP contribution < -0.4 is 10.6 Å². The van der Waals surface area contributed by atoms with E-state index < -0.39 is 0 Å². The number of benzene rings is 2. The van der Waals surface area contributed by atoms with Crippen LogP contribution in [0.1, 0.15) is 37.7 Å². The van der Waals surface area contributed by atoms with E-state index in [4.69, 9.17) is 11.6 Å². The third-order valence-electron chi connectivity index (χ3n) is 6.45. The Labute approximate surface area is 192 Å². The van der Waals surface area contributed by atoms with Gasteiger partial charge in [-0.1, -0.05) is 39.7 Å². The van der Waals surface area contributed by atoms with Crippen molar-refractivity contribution >= 4 is 39.2 Å². The van der Waals surface area contributed by atoms with Crippen LogP contribution in [0.15, 0.2) is 53.0 Å². The lowest BCUT2D eigenvalue weighted by Crippen LogP contribution is -2.52. The van der Waals surface area contributed by atoms with Gasteiger partial charge in [-0.2, -0.15) is 0 Å². The van der Waals surface area contributed by atoms with Gasteiger partial charge in [0.2, 0.25) is 0 Å². The van der Waals surface area contributed by atoms with Gasteiger partial charge in [0, 0.05) is 27.3 Å². The minimum Gasteiger partial charge on any atom is -0.334 e.